The molecule has 0 radical (unpaired) electrons. The predicted molar refractivity (Wildman–Crippen MR) is 565 cm³/mol. The van der Waals surface area contributed by atoms with E-state index in [0.29, 0.717) is 136 Å². The highest BCUT2D eigenvalue weighted by Crippen LogP contribution is 2.47. The van der Waals surface area contributed by atoms with E-state index in [0.717, 1.165) is 23.8 Å². The fraction of sp³-hybridized carbons (Fsp3) is 0.745. The van der Waals surface area contributed by atoms with Gasteiger partial charge in [-0.25, -0.2) is 28.8 Å². The second kappa shape index (κ2) is 54.7. The topological polar surface area (TPSA) is 523 Å². The Bertz CT molecular complexity index is 5200. The van der Waals surface area contributed by atoms with Gasteiger partial charge in [0.05, 0.1) is 96.5 Å². The first-order valence-corrected chi connectivity index (χ1v) is 51.3. The number of aliphatic hydroxyl groups is 2. The maximum atomic E-state index is 13.7. The van der Waals surface area contributed by atoms with Crippen LogP contribution in [0.2, 0.25) is 0 Å². The van der Waals surface area contributed by atoms with Crippen LogP contribution in [0.3, 0.4) is 0 Å². The number of nitrogens with zero attached hydrogens (tertiary/aromatic N) is 16. The second-order valence-electron chi connectivity index (χ2n) is 44.3. The van der Waals surface area contributed by atoms with E-state index in [2.05, 4.69) is 87.2 Å². The number of esters is 2. The average molecular weight is 2100 g/mol. The smallest absolute Gasteiger partial charge is 0.412 e. The Morgan fingerprint density at radius 1 is 0.591 bits per heavy atom. The van der Waals surface area contributed by atoms with E-state index in [1.165, 1.54) is 0 Å². The van der Waals surface area contributed by atoms with Crippen molar-refractivity contribution in [3.63, 3.8) is 0 Å². The predicted octanol–water partition coefficient (Wildman–Crippen LogP) is 17.7. The van der Waals surface area contributed by atoms with E-state index in [4.69, 9.17) is 83.1 Å². The zero-order chi connectivity index (χ0) is 110. The number of azide groups is 2. The van der Waals surface area contributed by atoms with Crippen LogP contribution in [0.5, 0.6) is 0 Å². The summed E-state index contributed by atoms with van der Waals surface area (Å²) in [6.07, 6.45) is 3.18. The first-order chi connectivity index (χ1) is 68.7. The number of cyclic esters (lactones) is 4. The van der Waals surface area contributed by atoms with E-state index >= 15 is 0 Å². The maximum Gasteiger partial charge on any atom is 0.412 e. The summed E-state index contributed by atoms with van der Waals surface area (Å²) in [5.41, 5.74) is 23.6. The van der Waals surface area contributed by atoms with Crippen LogP contribution in [0.25, 0.3) is 43.4 Å². The Kier molecular flexibility index (Phi) is 46.8. The number of nitrogens with one attached hydrogen (secondary N) is 3. The minimum absolute atomic E-state index is 0. The summed E-state index contributed by atoms with van der Waals surface area (Å²) in [6.45, 7) is 50.7. The number of unbranched alkanes of at least 4 members (excludes halogenated alkanes) is 2. The van der Waals surface area contributed by atoms with Crippen LogP contribution in [0.15, 0.2) is 93.8 Å². The molecule has 4 fully saturated rings. The minimum atomic E-state index is -1.22. The SMILES string of the molecule is C.C.CC[C@@H](O)[C@@]1(C)OC(=O)N(CCCCn2cc(-c3cccc(NC(=O)OC(C)(C)C)c3)nn2)[C@@H]1[C@@H](C)N.CC[C@@H](O)[C@@]1(C)OC(=O)N(CCCCn2cc(-c3cccc(NC(=O)OC(C)(C)C)c3)nn2)[C@@H]1[C@@H](C)NC[C@H](C)C[C@@](C)(OC)[C@H](O[C@@H]1OC(CN=[N+]=[N-])CC(N(C)C)C1C)[C@@H](C)C1=C(C)C(=O)OC(C)(C)O1.CO[C@](C)(C[C@@H](C)C=O)[C@H](O[C@@H]1O[C@H](CN=[N+]=[N-])CC(N(C)C)[C@H]1C)[C@@H](C)C1=C(C)C(=O)OC(C)(C)O1. The number of hydrogen-bond donors (Lipinski definition) is 6. The lowest BCUT2D eigenvalue weighted by atomic mass is 9.80. The van der Waals surface area contributed by atoms with Crippen LogP contribution in [0, 0.1) is 35.5 Å². The van der Waals surface area contributed by atoms with Gasteiger partial charge in [-0.1, -0.05) is 115 Å². The number of rotatable bonds is 46. The van der Waals surface area contributed by atoms with Crippen LogP contribution in [0.4, 0.5) is 30.6 Å². The number of anilines is 2. The third-order valence-electron chi connectivity index (χ3n) is 28.2. The summed E-state index contributed by atoms with van der Waals surface area (Å²) in [7, 11) is 11.2. The number of methoxy groups -OCH3 is 2. The lowest BCUT2D eigenvalue weighted by Crippen LogP contribution is -2.60. The molecular weight excluding hydrogens is 1920 g/mol. The molecule has 4 saturated heterocycles. The normalized spacial score (nSPS) is 25.6. The van der Waals surface area contributed by atoms with Crippen molar-refractivity contribution in [1.29, 1.82) is 0 Å². The molecule has 0 spiro atoms. The molecule has 43 nitrogen and oxygen atoms in total. The summed E-state index contributed by atoms with van der Waals surface area (Å²) < 4.78 is 88.7. The van der Waals surface area contributed by atoms with Crippen molar-refractivity contribution in [2.24, 2.45) is 51.5 Å². The third kappa shape index (κ3) is 34.1. The van der Waals surface area contributed by atoms with Crippen LogP contribution in [0.1, 0.15) is 259 Å². The van der Waals surface area contributed by atoms with Gasteiger partial charge in [-0.2, -0.15) is 0 Å². The molecule has 149 heavy (non-hydrogen) atoms. The minimum Gasteiger partial charge on any atom is -0.456 e. The molecule has 0 saturated carbocycles. The molecule has 0 aliphatic carbocycles. The molecule has 43 heteroatoms. The van der Waals surface area contributed by atoms with Gasteiger partial charge in [0.15, 0.2) is 23.8 Å². The number of aromatic nitrogens is 6. The van der Waals surface area contributed by atoms with Crippen molar-refractivity contribution in [2.45, 2.75) is 403 Å². The van der Waals surface area contributed by atoms with Gasteiger partial charge in [-0.3, -0.25) is 29.8 Å². The summed E-state index contributed by atoms with van der Waals surface area (Å²) in [4.78, 5) is 102. The van der Waals surface area contributed by atoms with E-state index < -0.39 is 149 Å². The lowest BCUT2D eigenvalue weighted by molar-refractivity contribution is -0.286. The highest BCUT2D eigenvalue weighted by molar-refractivity contribution is 5.90. The number of aryl methyl sites for hydroxylation is 2. The number of benzene rings is 2. The van der Waals surface area contributed by atoms with Crippen LogP contribution < -0.4 is 21.7 Å². The van der Waals surface area contributed by atoms with Crippen molar-refractivity contribution < 1.29 is 110 Å². The molecule has 2 aromatic carbocycles. The molecule has 8 heterocycles. The lowest BCUT2D eigenvalue weighted by Gasteiger charge is -2.48. The number of ether oxygens (including phenoxy) is 14. The van der Waals surface area contributed by atoms with Gasteiger partial charge in [-0.15, -0.1) is 10.2 Å². The molecule has 838 valence electrons. The second-order valence-corrected chi connectivity index (χ2v) is 44.3. The molecule has 6 aliphatic rings. The Hall–Kier alpha value is -10.4. The summed E-state index contributed by atoms with van der Waals surface area (Å²) in [5.74, 6) is -3.87. The van der Waals surface area contributed by atoms with E-state index in [1.807, 2.05) is 160 Å². The molecular formula is C106H176N20O23. The molecule has 0 bridgehead atoms. The summed E-state index contributed by atoms with van der Waals surface area (Å²) in [5, 5.41) is 55.8. The molecule has 2 aromatic heterocycles. The van der Waals surface area contributed by atoms with Gasteiger partial charge in [0, 0.05) is 154 Å². The Labute approximate surface area is 881 Å². The van der Waals surface area contributed by atoms with Crippen molar-refractivity contribution in [3.05, 3.63) is 104 Å². The first-order valence-electron chi connectivity index (χ1n) is 51.3. The number of aldehydes is 1. The Morgan fingerprint density at radius 3 is 1.32 bits per heavy atom. The first kappa shape index (κ1) is 127. The Morgan fingerprint density at radius 2 is 0.966 bits per heavy atom. The average Bonchev–Trinajstić information content (AvgIpc) is 1.09. The van der Waals surface area contributed by atoms with Crippen molar-refractivity contribution in [2.75, 3.05) is 85.8 Å². The molecule has 7 N–H and O–H groups in total. The van der Waals surface area contributed by atoms with Crippen LogP contribution in [-0.2, 0) is 93.8 Å². The maximum absolute atomic E-state index is 13.7. The number of aliphatic hydroxyl groups excluding tert-OH is 2. The molecule has 24 atom stereocenters. The largest absolute Gasteiger partial charge is 0.456 e. The van der Waals surface area contributed by atoms with E-state index in [9.17, 15) is 43.8 Å². The van der Waals surface area contributed by atoms with Gasteiger partial charge in [0.1, 0.15) is 40.4 Å². The van der Waals surface area contributed by atoms with Crippen LogP contribution in [-0.4, -0.2) is 308 Å². The van der Waals surface area contributed by atoms with E-state index in [-0.39, 0.29) is 81.9 Å². The highest BCUT2D eigenvalue weighted by Gasteiger charge is 2.59. The zero-order valence-electron chi connectivity index (χ0n) is 92.6. The highest BCUT2D eigenvalue weighted by atomic mass is 16.7. The van der Waals surface area contributed by atoms with Crippen molar-refractivity contribution in [3.8, 4) is 22.5 Å². The number of carbonyl (C=O) groups excluding carboxylic acids is 7. The molecule has 4 amide bonds. The standard InChI is InChI=1S/C52H84N10O11.C26H40N6O5.C26H44N4O7.2CH4/c1-17-41(63)52(13)43(62(48(66)73-52)24-19-18-23-61-30-39(57-59-61)36-21-20-22-37(25-36)56-47(65)72-49(7,8)9)35(6)54-28-31(2)27-51(12,67-16)44(33(4)42-34(5)45(64)71-50(10,11)70-42)69-46-32(3)40(60(14)15)26-38(68-46)29-55-58-53;1-7-21(33)26(6)22(17(2)27)32(24(35)37-26)14-9-8-13-31-16-20(29-30-31)18-11-10-12-19(15-18)28-23(34)36-25(3,4)5;1-15(14-31)12-26(7,33-10)22(17(3)21-18(4)23(32)37-25(5,6)36-21)35-24-16(2)20(30(8)9)11-19(34-24)13-28-29-27;;/h20-22,25,30-33,35,38,40-41,43-44,46,54,63H,17-19,23-24,26-29H2,1-16H3,(H,56,65);10-12,15-17,21-22,33H,7-9,13-14,27H2,1-6H3,(H,28,34);14-17,19-20,22,24H,11-13H2,1-10H3;2*1H4/t31-,32?,33+,35-,38?,40?,41-,43-,44-,46+,51-,52-;17-,21-,22-,26-;15-,16-,17+,19+,20?,22-,24+,26-;;/m111../s1. The van der Waals surface area contributed by atoms with E-state index in [1.54, 1.807) is 122 Å². The molecule has 4 aromatic rings. The summed E-state index contributed by atoms with van der Waals surface area (Å²) in [6, 6.07) is 13.2. The van der Waals surface area contributed by atoms with Crippen molar-refractivity contribution in [1.82, 2.24) is 54.9 Å². The van der Waals surface area contributed by atoms with Crippen LogP contribution >= 0.6 is 0 Å². The molecule has 10 rings (SSSR count). The van der Waals surface area contributed by atoms with Gasteiger partial charge >= 0.3 is 36.3 Å². The van der Waals surface area contributed by atoms with Gasteiger partial charge < -0.3 is 102 Å². The van der Waals surface area contributed by atoms with Gasteiger partial charge in [0.2, 0.25) is 11.6 Å². The zero-order valence-corrected chi connectivity index (χ0v) is 92.6. The summed E-state index contributed by atoms with van der Waals surface area (Å²) >= 11 is 0. The van der Waals surface area contributed by atoms with Crippen molar-refractivity contribution >= 4 is 54.0 Å². The number of carbonyl (C=O) groups is 7. The number of nitrogens with two attached hydrogens (primary N) is 1. The number of hydrogen-bond acceptors (Lipinski definition) is 33. The monoisotopic (exact) mass is 2100 g/mol. The Balaban J connectivity index is 0.000000374. The third-order valence-corrected chi connectivity index (χ3v) is 28.2. The fourth-order valence-corrected chi connectivity index (χ4v) is 20.7. The number of amides is 4. The molecule has 6 aliphatic heterocycles. The fourth-order valence-electron chi connectivity index (χ4n) is 20.7. The quantitative estimate of drug-likeness (QED) is 0.00455. The van der Waals surface area contributed by atoms with Gasteiger partial charge in [-0.05, 0) is 237 Å². The van der Waals surface area contributed by atoms with Gasteiger partial charge in [0.25, 0.3) is 0 Å². The molecule has 4 unspecified atom stereocenters.